The lowest BCUT2D eigenvalue weighted by molar-refractivity contribution is -0.384. The molecule has 1 fully saturated rings. The Morgan fingerprint density at radius 3 is 2.69 bits per heavy atom. The fraction of sp³-hybridized carbons (Fsp3) is 0.350. The molecule has 0 aromatic heterocycles. The molecule has 0 saturated carbocycles. The normalized spacial score (nSPS) is 16.7. The molecule has 0 aliphatic carbocycles. The molecule has 26 heavy (non-hydrogen) atoms. The Bertz CT molecular complexity index is 792. The lowest BCUT2D eigenvalue weighted by Crippen LogP contribution is -2.34. The van der Waals surface area contributed by atoms with Crippen molar-refractivity contribution in [2.24, 2.45) is 0 Å². The standard InChI is InChI=1S/C20H23N3O3/c1-15-7-5-11-18(23(25)26)19(15)21-17-12-14-22(20(17)24)13-6-10-16-8-3-2-4-9-16/h2-5,7-9,11,17,21H,6,10,12-14H2,1H3. The van der Waals surface area contributed by atoms with Crippen LogP contribution in [0.4, 0.5) is 11.4 Å². The quantitative estimate of drug-likeness (QED) is 0.610. The smallest absolute Gasteiger partial charge is 0.292 e. The second-order valence-electron chi connectivity index (χ2n) is 6.63. The van der Waals surface area contributed by atoms with Crippen molar-refractivity contribution in [1.82, 2.24) is 4.90 Å². The van der Waals surface area contributed by atoms with E-state index >= 15 is 0 Å². The monoisotopic (exact) mass is 353 g/mol. The molecule has 1 aliphatic heterocycles. The van der Waals surface area contributed by atoms with Gasteiger partial charge in [0.2, 0.25) is 5.91 Å². The van der Waals surface area contributed by atoms with E-state index in [1.807, 2.05) is 36.1 Å². The summed E-state index contributed by atoms with van der Waals surface area (Å²) in [4.78, 5) is 25.3. The zero-order valence-corrected chi connectivity index (χ0v) is 14.9. The van der Waals surface area contributed by atoms with Crippen molar-refractivity contribution in [2.75, 3.05) is 18.4 Å². The molecule has 1 amide bonds. The van der Waals surface area contributed by atoms with Crippen LogP contribution in [0.1, 0.15) is 24.0 Å². The van der Waals surface area contributed by atoms with Gasteiger partial charge in [-0.2, -0.15) is 0 Å². The lowest BCUT2D eigenvalue weighted by atomic mass is 10.1. The molecule has 2 aromatic rings. The number of anilines is 1. The molecule has 0 radical (unpaired) electrons. The Kier molecular flexibility index (Phi) is 5.51. The van der Waals surface area contributed by atoms with Crippen molar-refractivity contribution in [2.45, 2.75) is 32.2 Å². The molecular weight excluding hydrogens is 330 g/mol. The number of amides is 1. The van der Waals surface area contributed by atoms with Gasteiger partial charge in [-0.1, -0.05) is 42.5 Å². The number of likely N-dealkylation sites (tertiary alicyclic amines) is 1. The van der Waals surface area contributed by atoms with E-state index in [1.165, 1.54) is 11.6 Å². The number of carbonyl (C=O) groups excluding carboxylic acids is 1. The molecule has 1 atom stereocenters. The predicted octanol–water partition coefficient (Wildman–Crippen LogP) is 3.55. The minimum Gasteiger partial charge on any atom is -0.368 e. The van der Waals surface area contributed by atoms with Crippen molar-refractivity contribution < 1.29 is 9.72 Å². The molecule has 136 valence electrons. The van der Waals surface area contributed by atoms with Crippen LogP contribution in [-0.4, -0.2) is 34.9 Å². The number of rotatable bonds is 7. The van der Waals surface area contributed by atoms with Crippen molar-refractivity contribution in [3.8, 4) is 0 Å². The molecule has 2 aromatic carbocycles. The second kappa shape index (κ2) is 7.99. The summed E-state index contributed by atoms with van der Waals surface area (Å²) in [6.45, 7) is 3.21. The summed E-state index contributed by atoms with van der Waals surface area (Å²) in [7, 11) is 0. The SMILES string of the molecule is Cc1cccc([N+](=O)[O-])c1NC1CCN(CCCc2ccccc2)C1=O. The third-order valence-electron chi connectivity index (χ3n) is 4.80. The minimum absolute atomic E-state index is 0.0142. The average molecular weight is 353 g/mol. The van der Waals surface area contributed by atoms with E-state index in [0.29, 0.717) is 25.2 Å². The molecule has 1 N–H and O–H groups in total. The van der Waals surface area contributed by atoms with E-state index in [2.05, 4.69) is 17.4 Å². The Labute approximate surface area is 153 Å². The molecule has 0 spiro atoms. The van der Waals surface area contributed by atoms with Crippen molar-refractivity contribution in [3.63, 3.8) is 0 Å². The highest BCUT2D eigenvalue weighted by Crippen LogP contribution is 2.30. The molecule has 1 heterocycles. The lowest BCUT2D eigenvalue weighted by Gasteiger charge is -2.18. The van der Waals surface area contributed by atoms with Gasteiger partial charge in [0.05, 0.1) is 4.92 Å². The maximum Gasteiger partial charge on any atom is 0.292 e. The fourth-order valence-corrected chi connectivity index (χ4v) is 3.38. The van der Waals surface area contributed by atoms with Crippen LogP contribution < -0.4 is 5.32 Å². The predicted molar refractivity (Wildman–Crippen MR) is 101 cm³/mol. The second-order valence-corrected chi connectivity index (χ2v) is 6.63. The first kappa shape index (κ1) is 17.9. The average Bonchev–Trinajstić information content (AvgIpc) is 2.97. The van der Waals surface area contributed by atoms with Gasteiger partial charge in [-0.25, -0.2) is 0 Å². The van der Waals surface area contributed by atoms with Crippen molar-refractivity contribution in [3.05, 3.63) is 69.8 Å². The minimum atomic E-state index is -0.410. The number of nitrogens with zero attached hydrogens (tertiary/aromatic N) is 2. The summed E-state index contributed by atoms with van der Waals surface area (Å²) < 4.78 is 0. The van der Waals surface area contributed by atoms with Gasteiger partial charge in [0.15, 0.2) is 0 Å². The van der Waals surface area contributed by atoms with E-state index in [4.69, 9.17) is 0 Å². The molecule has 0 bridgehead atoms. The van der Waals surface area contributed by atoms with Crippen LogP contribution in [0.5, 0.6) is 0 Å². The van der Waals surface area contributed by atoms with Crippen LogP contribution in [-0.2, 0) is 11.2 Å². The number of nitrogens with one attached hydrogen (secondary N) is 1. The Morgan fingerprint density at radius 2 is 1.96 bits per heavy atom. The molecule has 6 nitrogen and oxygen atoms in total. The number of nitro benzene ring substituents is 1. The van der Waals surface area contributed by atoms with Gasteiger partial charge in [0, 0.05) is 19.2 Å². The maximum atomic E-state index is 12.6. The highest BCUT2D eigenvalue weighted by Gasteiger charge is 2.32. The highest BCUT2D eigenvalue weighted by molar-refractivity contribution is 5.88. The molecular formula is C20H23N3O3. The summed E-state index contributed by atoms with van der Waals surface area (Å²) in [5.41, 5.74) is 2.50. The van der Waals surface area contributed by atoms with Crippen LogP contribution >= 0.6 is 0 Å². The molecule has 6 heteroatoms. The van der Waals surface area contributed by atoms with Crippen molar-refractivity contribution in [1.29, 1.82) is 0 Å². The third-order valence-corrected chi connectivity index (χ3v) is 4.80. The number of benzene rings is 2. The van der Waals surface area contributed by atoms with Gasteiger partial charge in [0.1, 0.15) is 11.7 Å². The third kappa shape index (κ3) is 4.02. The fourth-order valence-electron chi connectivity index (χ4n) is 3.38. The number of carbonyl (C=O) groups is 1. The van der Waals surface area contributed by atoms with Gasteiger partial charge in [-0.3, -0.25) is 14.9 Å². The molecule has 1 saturated heterocycles. The summed E-state index contributed by atoms with van der Waals surface area (Å²) in [6, 6.07) is 14.8. The van der Waals surface area contributed by atoms with Gasteiger partial charge in [-0.15, -0.1) is 0 Å². The summed E-state index contributed by atoms with van der Waals surface area (Å²) in [5, 5.41) is 14.4. The molecule has 1 unspecified atom stereocenters. The summed E-state index contributed by atoms with van der Waals surface area (Å²) >= 11 is 0. The van der Waals surface area contributed by atoms with Crippen molar-refractivity contribution >= 4 is 17.3 Å². The van der Waals surface area contributed by atoms with E-state index in [-0.39, 0.29) is 11.6 Å². The van der Waals surface area contributed by atoms with E-state index < -0.39 is 11.0 Å². The summed E-state index contributed by atoms with van der Waals surface area (Å²) in [6.07, 6.45) is 2.51. The number of hydrogen-bond donors (Lipinski definition) is 1. The zero-order valence-electron chi connectivity index (χ0n) is 14.9. The first-order valence-electron chi connectivity index (χ1n) is 8.89. The van der Waals surface area contributed by atoms with Crippen LogP contribution in [0.3, 0.4) is 0 Å². The van der Waals surface area contributed by atoms with Crippen LogP contribution in [0.2, 0.25) is 0 Å². The highest BCUT2D eigenvalue weighted by atomic mass is 16.6. The molecule has 3 rings (SSSR count). The number of nitro groups is 1. The van der Waals surface area contributed by atoms with Gasteiger partial charge in [-0.05, 0) is 37.3 Å². The van der Waals surface area contributed by atoms with E-state index in [0.717, 1.165) is 18.4 Å². The topological polar surface area (TPSA) is 75.5 Å². The Balaban J connectivity index is 1.59. The van der Waals surface area contributed by atoms with Gasteiger partial charge in [0.25, 0.3) is 5.69 Å². The largest absolute Gasteiger partial charge is 0.368 e. The Morgan fingerprint density at radius 1 is 1.19 bits per heavy atom. The van der Waals surface area contributed by atoms with Gasteiger partial charge >= 0.3 is 0 Å². The van der Waals surface area contributed by atoms with E-state index in [9.17, 15) is 14.9 Å². The number of para-hydroxylation sites is 1. The van der Waals surface area contributed by atoms with Crippen LogP contribution in [0.15, 0.2) is 48.5 Å². The number of hydrogen-bond acceptors (Lipinski definition) is 4. The zero-order chi connectivity index (χ0) is 18.5. The molecule has 1 aliphatic rings. The summed E-state index contributed by atoms with van der Waals surface area (Å²) in [5.74, 6) is 0.0237. The van der Waals surface area contributed by atoms with Crippen LogP contribution in [0, 0.1) is 17.0 Å². The Hall–Kier alpha value is -2.89. The van der Waals surface area contributed by atoms with Gasteiger partial charge < -0.3 is 10.2 Å². The first-order valence-corrected chi connectivity index (χ1v) is 8.89. The number of aryl methyl sites for hydroxylation is 2. The van der Waals surface area contributed by atoms with E-state index in [1.54, 1.807) is 6.07 Å². The van der Waals surface area contributed by atoms with Crippen LogP contribution in [0.25, 0.3) is 0 Å². The maximum absolute atomic E-state index is 12.6. The first-order chi connectivity index (χ1) is 12.6.